The molecule has 4 nitrogen and oxygen atoms in total. The van der Waals surface area contributed by atoms with Crippen molar-refractivity contribution in [3.8, 4) is 0 Å². The molecule has 2 N–H and O–H groups in total. The lowest BCUT2D eigenvalue weighted by Gasteiger charge is -2.17. The van der Waals surface area contributed by atoms with Crippen molar-refractivity contribution in [1.29, 1.82) is 0 Å². The van der Waals surface area contributed by atoms with Crippen molar-refractivity contribution in [2.45, 2.75) is 70.6 Å². The van der Waals surface area contributed by atoms with Gasteiger partial charge in [0.15, 0.2) is 5.96 Å². The standard InChI is InChI=1S/C20H33N3OS.HI/c1-5-21-20(23-18-10-11-19(12-18)25-4)22-13-16-6-8-17(9-7-16)14-24-15(2)3;/h6-9,15,18-19H,5,10-14H2,1-4H3,(H2,21,22,23);1H. The van der Waals surface area contributed by atoms with Crippen LogP contribution >= 0.6 is 35.7 Å². The van der Waals surface area contributed by atoms with Crippen molar-refractivity contribution in [3.63, 3.8) is 0 Å². The van der Waals surface area contributed by atoms with Gasteiger partial charge in [0.1, 0.15) is 0 Å². The van der Waals surface area contributed by atoms with Crippen LogP contribution in [0.1, 0.15) is 51.2 Å². The summed E-state index contributed by atoms with van der Waals surface area (Å²) in [5.74, 6) is 0.932. The van der Waals surface area contributed by atoms with E-state index in [4.69, 9.17) is 9.73 Å². The number of rotatable bonds is 8. The molecule has 0 amide bonds. The summed E-state index contributed by atoms with van der Waals surface area (Å²) in [4.78, 5) is 4.76. The number of nitrogens with one attached hydrogen (secondary N) is 2. The summed E-state index contributed by atoms with van der Waals surface area (Å²) in [5.41, 5.74) is 2.43. The minimum atomic E-state index is 0. The first-order valence-electron chi connectivity index (χ1n) is 9.37. The Kier molecular flexibility index (Phi) is 11.6. The summed E-state index contributed by atoms with van der Waals surface area (Å²) in [6.07, 6.45) is 6.25. The first kappa shape index (κ1) is 23.6. The highest BCUT2D eigenvalue weighted by Gasteiger charge is 2.24. The molecule has 1 aliphatic rings. The highest BCUT2D eigenvalue weighted by molar-refractivity contribution is 14.0. The SMILES string of the molecule is CCNC(=NCc1ccc(COC(C)C)cc1)NC1CCC(SC)C1.I. The highest BCUT2D eigenvalue weighted by atomic mass is 127. The van der Waals surface area contributed by atoms with Gasteiger partial charge >= 0.3 is 0 Å². The summed E-state index contributed by atoms with van der Waals surface area (Å²) in [6.45, 7) is 8.48. The summed E-state index contributed by atoms with van der Waals surface area (Å²) < 4.78 is 5.64. The first-order valence-corrected chi connectivity index (χ1v) is 10.7. The Bertz CT molecular complexity index is 536. The summed E-state index contributed by atoms with van der Waals surface area (Å²) in [6, 6.07) is 9.10. The van der Waals surface area contributed by atoms with Crippen molar-refractivity contribution in [2.24, 2.45) is 4.99 Å². The lowest BCUT2D eigenvalue weighted by molar-refractivity contribution is 0.0657. The second-order valence-electron chi connectivity index (χ2n) is 6.88. The second kappa shape index (κ2) is 12.8. The highest BCUT2D eigenvalue weighted by Crippen LogP contribution is 2.28. The average Bonchev–Trinajstić information content (AvgIpc) is 3.06. The predicted octanol–water partition coefficient (Wildman–Crippen LogP) is 4.57. The number of guanidine groups is 1. The van der Waals surface area contributed by atoms with E-state index in [0.717, 1.165) is 17.8 Å². The Morgan fingerprint density at radius 3 is 2.50 bits per heavy atom. The van der Waals surface area contributed by atoms with Crippen LogP contribution in [0.25, 0.3) is 0 Å². The molecule has 1 aromatic rings. The summed E-state index contributed by atoms with van der Waals surface area (Å²) in [5, 5.41) is 7.76. The van der Waals surface area contributed by atoms with Crippen molar-refractivity contribution < 1.29 is 4.74 Å². The van der Waals surface area contributed by atoms with Crippen LogP contribution in [-0.2, 0) is 17.9 Å². The number of hydrogen-bond donors (Lipinski definition) is 2. The van der Waals surface area contributed by atoms with E-state index in [2.05, 4.69) is 61.9 Å². The van der Waals surface area contributed by atoms with Crippen molar-refractivity contribution in [1.82, 2.24) is 10.6 Å². The van der Waals surface area contributed by atoms with E-state index >= 15 is 0 Å². The largest absolute Gasteiger partial charge is 0.374 e. The number of thioether (sulfide) groups is 1. The quantitative estimate of drug-likeness (QED) is 0.318. The van der Waals surface area contributed by atoms with Gasteiger partial charge in [-0.1, -0.05) is 24.3 Å². The molecular formula is C20H34IN3OS. The normalized spacial score (nSPS) is 20.1. The molecule has 0 heterocycles. The number of hydrogen-bond acceptors (Lipinski definition) is 3. The van der Waals surface area contributed by atoms with Crippen molar-refractivity contribution >= 4 is 41.7 Å². The zero-order valence-electron chi connectivity index (χ0n) is 16.5. The van der Waals surface area contributed by atoms with Gasteiger partial charge in [-0.25, -0.2) is 4.99 Å². The number of nitrogens with zero attached hydrogens (tertiary/aromatic N) is 1. The third kappa shape index (κ3) is 8.48. The fourth-order valence-corrected chi connectivity index (χ4v) is 3.77. The molecule has 2 atom stereocenters. The molecule has 1 fully saturated rings. The molecular weight excluding hydrogens is 457 g/mol. The molecule has 26 heavy (non-hydrogen) atoms. The molecule has 0 bridgehead atoms. The van der Waals surface area contributed by atoms with Crippen LogP contribution in [0, 0.1) is 0 Å². The van der Waals surface area contributed by atoms with Gasteiger partial charge in [-0.3, -0.25) is 0 Å². The fourth-order valence-electron chi connectivity index (χ4n) is 2.97. The van der Waals surface area contributed by atoms with Crippen LogP contribution < -0.4 is 10.6 Å². The minimum absolute atomic E-state index is 0. The van der Waals surface area contributed by atoms with Gasteiger partial charge in [0.05, 0.1) is 19.3 Å². The number of halogens is 1. The Balaban J connectivity index is 0.00000338. The van der Waals surface area contributed by atoms with Crippen LogP contribution in [-0.4, -0.2) is 36.2 Å². The number of aliphatic imine (C=N–C) groups is 1. The minimum Gasteiger partial charge on any atom is -0.374 e. The predicted molar refractivity (Wildman–Crippen MR) is 125 cm³/mol. The smallest absolute Gasteiger partial charge is 0.191 e. The zero-order chi connectivity index (χ0) is 18.1. The molecule has 0 aromatic heterocycles. The molecule has 2 unspecified atom stereocenters. The maximum absolute atomic E-state index is 5.64. The summed E-state index contributed by atoms with van der Waals surface area (Å²) in [7, 11) is 0. The molecule has 1 aromatic carbocycles. The molecule has 0 aliphatic heterocycles. The zero-order valence-corrected chi connectivity index (χ0v) is 19.6. The Labute approximate surface area is 180 Å². The molecule has 148 valence electrons. The van der Waals surface area contributed by atoms with E-state index in [9.17, 15) is 0 Å². The molecule has 1 aliphatic carbocycles. The van der Waals surface area contributed by atoms with E-state index in [0.29, 0.717) is 19.2 Å². The van der Waals surface area contributed by atoms with Gasteiger partial charge < -0.3 is 15.4 Å². The van der Waals surface area contributed by atoms with E-state index in [-0.39, 0.29) is 30.1 Å². The van der Waals surface area contributed by atoms with E-state index < -0.39 is 0 Å². The molecule has 0 radical (unpaired) electrons. The van der Waals surface area contributed by atoms with Crippen LogP contribution in [0.15, 0.2) is 29.3 Å². The van der Waals surface area contributed by atoms with Gasteiger partial charge in [-0.15, -0.1) is 24.0 Å². The lowest BCUT2D eigenvalue weighted by atomic mass is 10.1. The van der Waals surface area contributed by atoms with Crippen LogP contribution in [0.2, 0.25) is 0 Å². The third-order valence-electron chi connectivity index (χ3n) is 4.43. The monoisotopic (exact) mass is 491 g/mol. The maximum atomic E-state index is 5.64. The van der Waals surface area contributed by atoms with E-state index in [1.165, 1.54) is 30.4 Å². The topological polar surface area (TPSA) is 45.7 Å². The maximum Gasteiger partial charge on any atom is 0.191 e. The molecule has 0 saturated heterocycles. The van der Waals surface area contributed by atoms with E-state index in [1.54, 1.807) is 0 Å². The van der Waals surface area contributed by atoms with Crippen LogP contribution in [0.3, 0.4) is 0 Å². The van der Waals surface area contributed by atoms with Crippen molar-refractivity contribution in [2.75, 3.05) is 12.8 Å². The Hall–Kier alpha value is -0.470. The van der Waals surface area contributed by atoms with Gasteiger partial charge in [0, 0.05) is 17.8 Å². The summed E-state index contributed by atoms with van der Waals surface area (Å²) >= 11 is 1.98. The first-order chi connectivity index (χ1) is 12.1. The second-order valence-corrected chi connectivity index (χ2v) is 8.02. The van der Waals surface area contributed by atoms with Gasteiger partial charge in [-0.05, 0) is 57.4 Å². The molecule has 6 heteroatoms. The van der Waals surface area contributed by atoms with Gasteiger partial charge in [0.25, 0.3) is 0 Å². The third-order valence-corrected chi connectivity index (χ3v) is 5.52. The number of ether oxygens (including phenoxy) is 1. The van der Waals surface area contributed by atoms with E-state index in [1.807, 2.05) is 11.8 Å². The molecule has 1 saturated carbocycles. The Morgan fingerprint density at radius 2 is 1.92 bits per heavy atom. The van der Waals surface area contributed by atoms with Crippen LogP contribution in [0.4, 0.5) is 0 Å². The Morgan fingerprint density at radius 1 is 1.23 bits per heavy atom. The number of benzene rings is 1. The van der Waals surface area contributed by atoms with Gasteiger partial charge in [0.2, 0.25) is 0 Å². The van der Waals surface area contributed by atoms with Crippen LogP contribution in [0.5, 0.6) is 0 Å². The molecule has 2 rings (SSSR count). The molecule has 0 spiro atoms. The average molecular weight is 491 g/mol. The fraction of sp³-hybridized carbons (Fsp3) is 0.650. The van der Waals surface area contributed by atoms with Gasteiger partial charge in [-0.2, -0.15) is 11.8 Å². The lowest BCUT2D eigenvalue weighted by Crippen LogP contribution is -2.42. The van der Waals surface area contributed by atoms with Crippen molar-refractivity contribution in [3.05, 3.63) is 35.4 Å².